The molecule has 218 valence electrons. The lowest BCUT2D eigenvalue weighted by atomic mass is 9.85. The fourth-order valence-electron chi connectivity index (χ4n) is 5.99. The van der Waals surface area contributed by atoms with Crippen molar-refractivity contribution < 1.29 is 41.0 Å². The van der Waals surface area contributed by atoms with Crippen LogP contribution in [0, 0.1) is 29.3 Å². The topological polar surface area (TPSA) is 102 Å². The second-order valence-electron chi connectivity index (χ2n) is 10.5. The van der Waals surface area contributed by atoms with Gasteiger partial charge >= 0.3 is 0 Å². The minimum atomic E-state index is -4.12. The molecule has 5 rings (SSSR count). The van der Waals surface area contributed by atoms with E-state index in [4.69, 9.17) is 21.1 Å². The standard InChI is InChI=1S/C29H27ClF3NO6S/c1-39-20-6-2-16(3-7-20)14-40-15-29(36)13-18-4-8-21(29)27(18)41(37,38)25-10-17(5-9-22(25)30)28(35)34-19-11-23(31)26(33)24(32)12-19/h2-3,5-7,9-12,18,21,27,36H,4,8,13-15H2,1H3,(H,34,35)/t18?,21?,27-,29+/m1/s1. The summed E-state index contributed by atoms with van der Waals surface area (Å²) in [5, 5.41) is 12.7. The Bertz CT molecular complexity index is 1560. The Balaban J connectivity index is 1.32. The Morgan fingerprint density at radius 3 is 2.41 bits per heavy atom. The number of benzene rings is 3. The summed E-state index contributed by atoms with van der Waals surface area (Å²) in [5.41, 5.74) is -0.971. The molecule has 2 fully saturated rings. The number of rotatable bonds is 9. The summed E-state index contributed by atoms with van der Waals surface area (Å²) in [6, 6.07) is 12.1. The SMILES string of the molecule is COc1ccc(COC[C@@]2(O)CC3CCC2[C@@H]3S(=O)(=O)c2cc(C(=O)Nc3cc(F)c(F)c(F)c3)ccc2Cl)cc1. The maximum atomic E-state index is 13.9. The van der Waals surface area contributed by atoms with Gasteiger partial charge in [0.1, 0.15) is 5.75 Å². The molecule has 0 saturated heterocycles. The molecule has 4 atom stereocenters. The molecule has 0 radical (unpaired) electrons. The van der Waals surface area contributed by atoms with Gasteiger partial charge in [-0.2, -0.15) is 0 Å². The summed E-state index contributed by atoms with van der Waals surface area (Å²) >= 11 is 6.30. The highest BCUT2D eigenvalue weighted by atomic mass is 35.5. The molecule has 2 bridgehead atoms. The number of methoxy groups -OCH3 is 1. The molecule has 0 aliphatic heterocycles. The Morgan fingerprint density at radius 2 is 1.76 bits per heavy atom. The number of anilines is 1. The second kappa shape index (κ2) is 11.3. The van der Waals surface area contributed by atoms with Crippen LogP contribution in [0.4, 0.5) is 18.9 Å². The van der Waals surface area contributed by atoms with E-state index in [1.807, 2.05) is 12.1 Å². The molecule has 0 heterocycles. The van der Waals surface area contributed by atoms with Gasteiger partial charge in [0.2, 0.25) is 0 Å². The summed E-state index contributed by atoms with van der Waals surface area (Å²) in [4.78, 5) is 12.5. The number of sulfone groups is 1. The van der Waals surface area contributed by atoms with Crippen molar-refractivity contribution in [2.75, 3.05) is 19.0 Å². The third-order valence-electron chi connectivity index (χ3n) is 7.90. The Morgan fingerprint density at radius 1 is 1.07 bits per heavy atom. The molecule has 0 spiro atoms. The highest BCUT2D eigenvalue weighted by molar-refractivity contribution is 7.92. The number of halogens is 4. The molecule has 12 heteroatoms. The number of ether oxygens (including phenoxy) is 2. The number of aliphatic hydroxyl groups is 1. The molecule has 2 saturated carbocycles. The van der Waals surface area contributed by atoms with Crippen LogP contribution in [0.25, 0.3) is 0 Å². The van der Waals surface area contributed by atoms with Crippen LogP contribution < -0.4 is 10.1 Å². The molecule has 0 aromatic heterocycles. The van der Waals surface area contributed by atoms with Crippen molar-refractivity contribution in [2.45, 2.75) is 41.6 Å². The average molecular weight is 610 g/mol. The van der Waals surface area contributed by atoms with E-state index in [9.17, 15) is 31.5 Å². The van der Waals surface area contributed by atoms with Gasteiger partial charge in [0.05, 0.1) is 41.1 Å². The second-order valence-corrected chi connectivity index (χ2v) is 12.9. The monoisotopic (exact) mass is 609 g/mol. The molecule has 3 aromatic rings. The lowest BCUT2D eigenvalue weighted by molar-refractivity contribution is -0.0846. The molecule has 2 aliphatic rings. The number of fused-ring (bicyclic) bond motifs is 2. The maximum Gasteiger partial charge on any atom is 0.255 e. The highest BCUT2D eigenvalue weighted by Gasteiger charge is 2.61. The quantitative estimate of drug-likeness (QED) is 0.309. The van der Waals surface area contributed by atoms with Crippen LogP contribution in [0.3, 0.4) is 0 Å². The molecule has 2 aliphatic carbocycles. The van der Waals surface area contributed by atoms with Crippen LogP contribution >= 0.6 is 11.6 Å². The number of carbonyl (C=O) groups is 1. The summed E-state index contributed by atoms with van der Waals surface area (Å²) in [6.45, 7) is 0.180. The Kier molecular flexibility index (Phi) is 8.08. The molecule has 7 nitrogen and oxygen atoms in total. The minimum absolute atomic E-state index is 0.0484. The van der Waals surface area contributed by atoms with Gasteiger partial charge in [-0.1, -0.05) is 23.7 Å². The first kappa shape index (κ1) is 29.4. The van der Waals surface area contributed by atoms with E-state index in [0.29, 0.717) is 30.7 Å². The van der Waals surface area contributed by atoms with Crippen LogP contribution in [0.5, 0.6) is 5.75 Å². The molecular formula is C29H27ClF3NO6S. The third kappa shape index (κ3) is 5.68. The predicted molar refractivity (Wildman–Crippen MR) is 145 cm³/mol. The van der Waals surface area contributed by atoms with E-state index in [1.165, 1.54) is 12.1 Å². The lowest BCUT2D eigenvalue weighted by Crippen LogP contribution is -2.42. The van der Waals surface area contributed by atoms with Crippen LogP contribution in [0.1, 0.15) is 35.2 Å². The first-order valence-corrected chi connectivity index (χ1v) is 14.8. The lowest BCUT2D eigenvalue weighted by Gasteiger charge is -2.32. The van der Waals surface area contributed by atoms with E-state index < -0.39 is 50.0 Å². The zero-order valence-electron chi connectivity index (χ0n) is 21.9. The first-order valence-electron chi connectivity index (χ1n) is 12.9. The summed E-state index contributed by atoms with van der Waals surface area (Å²) in [6.07, 6.45) is 1.33. The highest BCUT2D eigenvalue weighted by Crippen LogP contribution is 2.55. The van der Waals surface area contributed by atoms with Crippen LogP contribution in [-0.4, -0.2) is 44.0 Å². The van der Waals surface area contributed by atoms with Gasteiger partial charge in [0.15, 0.2) is 27.3 Å². The van der Waals surface area contributed by atoms with Crippen molar-refractivity contribution >= 4 is 33.0 Å². The van der Waals surface area contributed by atoms with Gasteiger partial charge in [0.25, 0.3) is 5.91 Å². The zero-order chi connectivity index (χ0) is 29.5. The van der Waals surface area contributed by atoms with Gasteiger partial charge in [-0.25, -0.2) is 21.6 Å². The Labute approximate surface area is 240 Å². The molecule has 2 unspecified atom stereocenters. The summed E-state index contributed by atoms with van der Waals surface area (Å²) in [7, 11) is -2.55. The molecule has 3 aromatic carbocycles. The van der Waals surface area contributed by atoms with Gasteiger partial charge in [-0.15, -0.1) is 0 Å². The smallest absolute Gasteiger partial charge is 0.255 e. The van der Waals surface area contributed by atoms with E-state index in [1.54, 1.807) is 19.2 Å². The van der Waals surface area contributed by atoms with E-state index in [-0.39, 0.29) is 46.7 Å². The normalized spacial score (nSPS) is 23.5. The van der Waals surface area contributed by atoms with Crippen molar-refractivity contribution in [3.63, 3.8) is 0 Å². The fraction of sp³-hybridized carbons (Fsp3) is 0.345. The number of carbonyl (C=O) groups excluding carboxylic acids is 1. The van der Waals surface area contributed by atoms with Crippen LogP contribution in [0.2, 0.25) is 5.02 Å². The molecule has 1 amide bonds. The van der Waals surface area contributed by atoms with E-state index >= 15 is 0 Å². The van der Waals surface area contributed by atoms with Crippen LogP contribution in [0.15, 0.2) is 59.5 Å². The number of hydrogen-bond donors (Lipinski definition) is 2. The minimum Gasteiger partial charge on any atom is -0.497 e. The first-order chi connectivity index (χ1) is 19.4. The van der Waals surface area contributed by atoms with Gasteiger partial charge in [-0.3, -0.25) is 4.79 Å². The third-order valence-corrected chi connectivity index (χ3v) is 10.7. The zero-order valence-corrected chi connectivity index (χ0v) is 23.4. The van der Waals surface area contributed by atoms with E-state index in [2.05, 4.69) is 5.32 Å². The largest absolute Gasteiger partial charge is 0.497 e. The summed E-state index contributed by atoms with van der Waals surface area (Å²) < 4.78 is 79.2. The number of hydrogen-bond acceptors (Lipinski definition) is 6. The summed E-state index contributed by atoms with van der Waals surface area (Å²) in [5.74, 6) is -5.77. The Hall–Kier alpha value is -3.12. The average Bonchev–Trinajstić information content (AvgIpc) is 3.48. The fourth-order valence-corrected chi connectivity index (χ4v) is 8.92. The van der Waals surface area contributed by atoms with Crippen molar-refractivity contribution in [1.29, 1.82) is 0 Å². The van der Waals surface area contributed by atoms with Crippen molar-refractivity contribution in [3.8, 4) is 5.75 Å². The van der Waals surface area contributed by atoms with Gasteiger partial charge in [0, 0.05) is 29.3 Å². The van der Waals surface area contributed by atoms with Crippen molar-refractivity contribution in [2.24, 2.45) is 11.8 Å². The van der Waals surface area contributed by atoms with Gasteiger partial charge < -0.3 is 19.9 Å². The van der Waals surface area contributed by atoms with Gasteiger partial charge in [-0.05, 0) is 61.1 Å². The molecule has 41 heavy (non-hydrogen) atoms. The molecular weight excluding hydrogens is 583 g/mol. The van der Waals surface area contributed by atoms with Crippen molar-refractivity contribution in [1.82, 2.24) is 0 Å². The molecule has 2 N–H and O–H groups in total. The number of amides is 1. The maximum absolute atomic E-state index is 13.9. The van der Waals surface area contributed by atoms with Crippen LogP contribution in [-0.2, 0) is 21.2 Å². The van der Waals surface area contributed by atoms with Crippen molar-refractivity contribution in [3.05, 3.63) is 88.2 Å². The predicted octanol–water partition coefficient (Wildman–Crippen LogP) is 5.54. The van der Waals surface area contributed by atoms with E-state index in [0.717, 1.165) is 11.6 Å². The number of nitrogens with one attached hydrogen (secondary N) is 1.